The predicted octanol–water partition coefficient (Wildman–Crippen LogP) is 5.13. The highest BCUT2D eigenvalue weighted by molar-refractivity contribution is 6.00. The van der Waals surface area contributed by atoms with Crippen molar-refractivity contribution in [1.82, 2.24) is 4.98 Å². The summed E-state index contributed by atoms with van der Waals surface area (Å²) in [6.45, 7) is 5.70. The van der Waals surface area contributed by atoms with Gasteiger partial charge >= 0.3 is 5.63 Å². The van der Waals surface area contributed by atoms with Crippen LogP contribution in [0.25, 0.3) is 32.8 Å². The Morgan fingerprint density at radius 2 is 1.87 bits per heavy atom. The van der Waals surface area contributed by atoms with Gasteiger partial charge in [-0.15, -0.1) is 0 Å². The van der Waals surface area contributed by atoms with Gasteiger partial charge in [-0.05, 0) is 62.2 Å². The van der Waals surface area contributed by atoms with Crippen LogP contribution in [0.1, 0.15) is 22.3 Å². The fraction of sp³-hybridized carbons (Fsp3) is 0.167. The van der Waals surface area contributed by atoms with Crippen molar-refractivity contribution >= 4 is 44.4 Å². The Morgan fingerprint density at radius 3 is 2.70 bits per heavy atom. The van der Waals surface area contributed by atoms with Crippen LogP contribution in [-0.4, -0.2) is 10.9 Å². The van der Waals surface area contributed by atoms with Crippen LogP contribution in [0.2, 0.25) is 0 Å². The number of hydrogen-bond donors (Lipinski definition) is 2. The van der Waals surface area contributed by atoms with Crippen molar-refractivity contribution in [2.45, 2.75) is 27.2 Å². The van der Waals surface area contributed by atoms with E-state index in [-0.39, 0.29) is 12.3 Å². The molecule has 6 nitrogen and oxygen atoms in total. The molecule has 3 aromatic heterocycles. The first-order chi connectivity index (χ1) is 14.4. The minimum atomic E-state index is -0.498. The molecule has 5 rings (SSSR count). The third-order valence-electron chi connectivity index (χ3n) is 5.71. The fourth-order valence-corrected chi connectivity index (χ4v) is 4.02. The summed E-state index contributed by atoms with van der Waals surface area (Å²) >= 11 is 0. The number of fused-ring (bicyclic) bond motifs is 3. The lowest BCUT2D eigenvalue weighted by Gasteiger charge is -2.10. The molecule has 150 valence electrons. The molecule has 30 heavy (non-hydrogen) atoms. The summed E-state index contributed by atoms with van der Waals surface area (Å²) in [6.07, 6.45) is 3.48. The maximum Gasteiger partial charge on any atom is 0.340 e. The first kappa shape index (κ1) is 18.2. The molecule has 0 saturated heterocycles. The van der Waals surface area contributed by atoms with E-state index >= 15 is 0 Å². The number of benzene rings is 2. The third kappa shape index (κ3) is 2.80. The number of amides is 1. The number of carbonyl (C=O) groups is 1. The van der Waals surface area contributed by atoms with Crippen molar-refractivity contribution in [2.24, 2.45) is 0 Å². The summed E-state index contributed by atoms with van der Waals surface area (Å²) in [5.74, 6) is -0.267. The van der Waals surface area contributed by atoms with Gasteiger partial charge in [0.05, 0.1) is 18.2 Å². The van der Waals surface area contributed by atoms with Gasteiger partial charge in [0.15, 0.2) is 0 Å². The predicted molar refractivity (Wildman–Crippen MR) is 117 cm³/mol. The van der Waals surface area contributed by atoms with Crippen LogP contribution in [0.4, 0.5) is 5.69 Å². The molecular formula is C24H20N2O4. The second-order valence-corrected chi connectivity index (χ2v) is 7.67. The Morgan fingerprint density at radius 1 is 1.03 bits per heavy atom. The number of nitrogens with one attached hydrogen (secondary N) is 2. The molecule has 5 aromatic rings. The van der Waals surface area contributed by atoms with E-state index in [1.54, 1.807) is 6.26 Å². The summed E-state index contributed by atoms with van der Waals surface area (Å²) in [5.41, 5.74) is 5.31. The summed E-state index contributed by atoms with van der Waals surface area (Å²) in [5, 5.41) is 5.68. The molecule has 0 atom stereocenters. The molecule has 2 N–H and O–H groups in total. The van der Waals surface area contributed by atoms with Gasteiger partial charge in [-0.3, -0.25) is 4.79 Å². The number of aromatic nitrogens is 1. The van der Waals surface area contributed by atoms with E-state index in [0.29, 0.717) is 22.4 Å². The molecule has 0 fully saturated rings. The smallest absolute Gasteiger partial charge is 0.340 e. The van der Waals surface area contributed by atoms with E-state index in [1.165, 1.54) is 0 Å². The molecule has 0 aliphatic rings. The van der Waals surface area contributed by atoms with E-state index in [9.17, 15) is 9.59 Å². The molecule has 2 aromatic carbocycles. The average Bonchev–Trinajstić information content (AvgIpc) is 3.33. The molecule has 6 heteroatoms. The average molecular weight is 400 g/mol. The number of aryl methyl sites for hydroxylation is 3. The van der Waals surface area contributed by atoms with E-state index in [2.05, 4.69) is 10.3 Å². The largest absolute Gasteiger partial charge is 0.464 e. The molecule has 0 unspecified atom stereocenters. The lowest BCUT2D eigenvalue weighted by Crippen LogP contribution is -2.20. The number of hydrogen-bond acceptors (Lipinski definition) is 4. The lowest BCUT2D eigenvalue weighted by atomic mass is 9.99. The van der Waals surface area contributed by atoms with Crippen molar-refractivity contribution in [1.29, 1.82) is 0 Å². The van der Waals surface area contributed by atoms with Crippen molar-refractivity contribution < 1.29 is 13.6 Å². The zero-order valence-electron chi connectivity index (χ0n) is 16.9. The van der Waals surface area contributed by atoms with Gasteiger partial charge < -0.3 is 19.1 Å². The Labute approximate surface area is 171 Å². The summed E-state index contributed by atoms with van der Waals surface area (Å²) in [7, 11) is 0. The molecule has 0 spiro atoms. The molecule has 0 aliphatic heterocycles. The minimum Gasteiger partial charge on any atom is -0.464 e. The normalized spacial score (nSPS) is 11.6. The van der Waals surface area contributed by atoms with Crippen LogP contribution in [0, 0.1) is 20.8 Å². The van der Waals surface area contributed by atoms with E-state index in [0.717, 1.165) is 38.4 Å². The molecular weight excluding hydrogens is 380 g/mol. The monoisotopic (exact) mass is 400 g/mol. The summed E-state index contributed by atoms with van der Waals surface area (Å²) in [4.78, 5) is 28.5. The number of carbonyl (C=O) groups excluding carboxylic acids is 1. The van der Waals surface area contributed by atoms with Crippen LogP contribution in [0.3, 0.4) is 0 Å². The number of aromatic amines is 1. The fourth-order valence-electron chi connectivity index (χ4n) is 4.02. The maximum atomic E-state index is 12.7. The maximum absolute atomic E-state index is 12.7. The van der Waals surface area contributed by atoms with Crippen molar-refractivity contribution in [2.75, 3.05) is 5.32 Å². The van der Waals surface area contributed by atoms with Crippen LogP contribution in [-0.2, 0) is 11.2 Å². The molecule has 3 heterocycles. The highest BCUT2D eigenvalue weighted by Crippen LogP contribution is 2.32. The third-order valence-corrected chi connectivity index (χ3v) is 5.71. The van der Waals surface area contributed by atoms with Crippen LogP contribution < -0.4 is 10.9 Å². The standard InChI is InChI=1S/C24H20N2O4/c1-12-11-29-22-14(3)23-18(9-17(12)22)13(2)19(24(28)30-23)10-21(27)26-16-4-5-20-15(8-16)6-7-25-20/h4-9,11,25H,10H2,1-3H3,(H,26,27). The highest BCUT2D eigenvalue weighted by atomic mass is 16.4. The molecule has 0 saturated carbocycles. The van der Waals surface area contributed by atoms with Gasteiger partial charge in [-0.1, -0.05) is 0 Å². The Bertz CT molecular complexity index is 1520. The van der Waals surface area contributed by atoms with Gasteiger partial charge in [-0.25, -0.2) is 4.79 Å². The van der Waals surface area contributed by atoms with Gasteiger partial charge in [0, 0.05) is 39.1 Å². The molecule has 0 bridgehead atoms. The van der Waals surface area contributed by atoms with E-state index < -0.39 is 5.63 Å². The number of H-pyrrole nitrogens is 1. The number of furan rings is 1. The second-order valence-electron chi connectivity index (χ2n) is 7.67. The van der Waals surface area contributed by atoms with Gasteiger partial charge in [0.1, 0.15) is 11.2 Å². The van der Waals surface area contributed by atoms with Gasteiger partial charge in [0.2, 0.25) is 5.91 Å². The molecule has 0 radical (unpaired) electrons. The van der Waals surface area contributed by atoms with Gasteiger partial charge in [-0.2, -0.15) is 0 Å². The number of anilines is 1. The van der Waals surface area contributed by atoms with Gasteiger partial charge in [0.25, 0.3) is 0 Å². The topological polar surface area (TPSA) is 88.2 Å². The second kappa shape index (κ2) is 6.62. The number of rotatable bonds is 3. The first-order valence-electron chi connectivity index (χ1n) is 9.73. The van der Waals surface area contributed by atoms with Crippen LogP contribution in [0.5, 0.6) is 0 Å². The SMILES string of the molecule is Cc1coc2c(C)c3oc(=O)c(CC(=O)Nc4ccc5[nH]ccc5c4)c(C)c3cc12. The molecule has 1 amide bonds. The summed E-state index contributed by atoms with van der Waals surface area (Å²) in [6, 6.07) is 9.53. The van der Waals surface area contributed by atoms with Crippen LogP contribution in [0.15, 0.2) is 56.4 Å². The lowest BCUT2D eigenvalue weighted by molar-refractivity contribution is -0.115. The zero-order chi connectivity index (χ0) is 21.0. The quantitative estimate of drug-likeness (QED) is 0.411. The van der Waals surface area contributed by atoms with E-state index in [1.807, 2.05) is 57.3 Å². The van der Waals surface area contributed by atoms with E-state index in [4.69, 9.17) is 8.83 Å². The minimum absolute atomic E-state index is 0.0588. The molecule has 0 aliphatic carbocycles. The Kier molecular flexibility index (Phi) is 4.03. The van der Waals surface area contributed by atoms with Crippen molar-refractivity contribution in [3.63, 3.8) is 0 Å². The van der Waals surface area contributed by atoms with Crippen LogP contribution >= 0.6 is 0 Å². The highest BCUT2D eigenvalue weighted by Gasteiger charge is 2.19. The van der Waals surface area contributed by atoms with Crippen molar-refractivity contribution in [3.05, 3.63) is 75.5 Å². The summed E-state index contributed by atoms with van der Waals surface area (Å²) < 4.78 is 11.2. The van der Waals surface area contributed by atoms with Crippen molar-refractivity contribution in [3.8, 4) is 0 Å². The Balaban J connectivity index is 1.53. The zero-order valence-corrected chi connectivity index (χ0v) is 16.9. The Hall–Kier alpha value is -3.80. The first-order valence-corrected chi connectivity index (χ1v) is 9.73.